The van der Waals surface area contributed by atoms with E-state index < -0.39 is 5.82 Å². The molecule has 0 amide bonds. The lowest BCUT2D eigenvalue weighted by atomic mass is 10.5. The number of nitrogens with zero attached hydrogens (tertiary/aromatic N) is 2. The van der Waals surface area contributed by atoms with E-state index in [2.05, 4.69) is 15.3 Å². The molecule has 0 aliphatic carbocycles. The van der Waals surface area contributed by atoms with Crippen LogP contribution in [0, 0.1) is 5.82 Å². The minimum atomic E-state index is -0.568. The fourth-order valence-electron chi connectivity index (χ4n) is 1.27. The van der Waals surface area contributed by atoms with Crippen molar-refractivity contribution < 1.29 is 18.6 Å². The molecule has 0 fully saturated rings. The Labute approximate surface area is 112 Å². The summed E-state index contributed by atoms with van der Waals surface area (Å²) in [4.78, 5) is 7.72. The van der Waals surface area contributed by atoms with Crippen LogP contribution < -0.4 is 10.1 Å². The smallest absolute Gasteiger partial charge is 0.255 e. The Bertz CT molecular complexity index is 366. The van der Waals surface area contributed by atoms with Crippen LogP contribution in [0.5, 0.6) is 5.88 Å². The average Bonchev–Trinajstić information content (AvgIpc) is 2.41. The third-order valence-corrected chi connectivity index (χ3v) is 2.15. The molecule has 0 saturated heterocycles. The number of hydrogen-bond acceptors (Lipinski definition) is 6. The summed E-state index contributed by atoms with van der Waals surface area (Å²) in [7, 11) is 1.62. The summed E-state index contributed by atoms with van der Waals surface area (Å²) in [5.74, 6) is -0.250. The van der Waals surface area contributed by atoms with Crippen LogP contribution in [0.25, 0.3) is 0 Å². The number of anilines is 1. The van der Waals surface area contributed by atoms with Gasteiger partial charge in [0.25, 0.3) is 5.88 Å². The van der Waals surface area contributed by atoms with E-state index in [0.29, 0.717) is 45.3 Å². The zero-order chi connectivity index (χ0) is 13.9. The lowest BCUT2D eigenvalue weighted by Gasteiger charge is -2.08. The summed E-state index contributed by atoms with van der Waals surface area (Å²) in [6.45, 7) is 4.56. The van der Waals surface area contributed by atoms with Gasteiger partial charge in [0.15, 0.2) is 0 Å². The van der Waals surface area contributed by atoms with Crippen molar-refractivity contribution in [3.63, 3.8) is 0 Å². The molecule has 0 radical (unpaired) electrons. The van der Waals surface area contributed by atoms with Crippen molar-refractivity contribution in [3.8, 4) is 5.88 Å². The molecule has 1 heterocycles. The second-order valence-corrected chi connectivity index (χ2v) is 3.68. The molecular weight excluding hydrogens is 253 g/mol. The molecule has 6 nitrogen and oxygen atoms in total. The number of nitrogens with one attached hydrogen (secondary N) is 1. The van der Waals surface area contributed by atoms with Crippen molar-refractivity contribution in [1.29, 1.82) is 0 Å². The molecule has 1 rings (SSSR count). The molecular formula is C12H20FN3O3. The minimum absolute atomic E-state index is 0.0390. The van der Waals surface area contributed by atoms with Crippen LogP contribution in [0.2, 0.25) is 0 Å². The van der Waals surface area contributed by atoms with Crippen molar-refractivity contribution in [2.24, 2.45) is 0 Å². The van der Waals surface area contributed by atoms with Gasteiger partial charge in [-0.1, -0.05) is 0 Å². The average molecular weight is 273 g/mol. The maximum absolute atomic E-state index is 13.4. The molecule has 0 aliphatic heterocycles. The van der Waals surface area contributed by atoms with Gasteiger partial charge in [-0.25, -0.2) is 4.98 Å². The van der Waals surface area contributed by atoms with Crippen LogP contribution in [0.15, 0.2) is 6.20 Å². The SMILES string of the molecule is CCNc1ncc(F)c(OCCCOCCOC)n1. The zero-order valence-corrected chi connectivity index (χ0v) is 11.3. The van der Waals surface area contributed by atoms with Crippen LogP contribution in [0.3, 0.4) is 0 Å². The second-order valence-electron chi connectivity index (χ2n) is 3.68. The van der Waals surface area contributed by atoms with Crippen LogP contribution in [-0.2, 0) is 9.47 Å². The van der Waals surface area contributed by atoms with Crippen molar-refractivity contribution >= 4 is 5.95 Å². The topological polar surface area (TPSA) is 65.5 Å². The number of rotatable bonds is 10. The lowest BCUT2D eigenvalue weighted by molar-refractivity contribution is 0.0639. The first-order chi connectivity index (χ1) is 9.27. The van der Waals surface area contributed by atoms with Crippen molar-refractivity contribution in [2.75, 3.05) is 45.4 Å². The molecule has 0 bridgehead atoms. The summed E-state index contributed by atoms with van der Waals surface area (Å²) in [6.07, 6.45) is 1.75. The highest BCUT2D eigenvalue weighted by Crippen LogP contribution is 2.14. The highest BCUT2D eigenvalue weighted by Gasteiger charge is 2.07. The number of halogens is 1. The third-order valence-electron chi connectivity index (χ3n) is 2.15. The fourth-order valence-corrected chi connectivity index (χ4v) is 1.27. The summed E-state index contributed by atoms with van der Waals surface area (Å²) in [5.41, 5.74) is 0. The van der Waals surface area contributed by atoms with Crippen LogP contribution in [0.4, 0.5) is 10.3 Å². The van der Waals surface area contributed by atoms with Gasteiger partial charge >= 0.3 is 0 Å². The maximum Gasteiger partial charge on any atom is 0.255 e. The van der Waals surface area contributed by atoms with Gasteiger partial charge < -0.3 is 19.5 Å². The molecule has 108 valence electrons. The van der Waals surface area contributed by atoms with Crippen LogP contribution in [0.1, 0.15) is 13.3 Å². The van der Waals surface area contributed by atoms with Gasteiger partial charge in [0.05, 0.1) is 26.0 Å². The van der Waals surface area contributed by atoms with E-state index in [0.717, 1.165) is 6.20 Å². The summed E-state index contributed by atoms with van der Waals surface area (Å²) in [6, 6.07) is 0. The molecule has 0 atom stereocenters. The Balaban J connectivity index is 2.26. The highest BCUT2D eigenvalue weighted by molar-refractivity contribution is 5.27. The van der Waals surface area contributed by atoms with Crippen molar-refractivity contribution in [1.82, 2.24) is 9.97 Å². The quantitative estimate of drug-likeness (QED) is 0.651. The molecule has 0 aromatic carbocycles. The Morgan fingerprint density at radius 2 is 2.11 bits per heavy atom. The Hall–Kier alpha value is -1.47. The molecule has 7 heteroatoms. The number of hydrogen-bond donors (Lipinski definition) is 1. The third kappa shape index (κ3) is 6.30. The minimum Gasteiger partial charge on any atom is -0.475 e. The van der Waals surface area contributed by atoms with Gasteiger partial charge in [-0.3, -0.25) is 0 Å². The van der Waals surface area contributed by atoms with E-state index >= 15 is 0 Å². The van der Waals surface area contributed by atoms with Crippen LogP contribution >= 0.6 is 0 Å². The Morgan fingerprint density at radius 3 is 2.84 bits per heavy atom. The number of aromatic nitrogens is 2. The summed E-state index contributed by atoms with van der Waals surface area (Å²) < 4.78 is 28.7. The van der Waals surface area contributed by atoms with Gasteiger partial charge in [-0.2, -0.15) is 9.37 Å². The molecule has 0 unspecified atom stereocenters. The monoisotopic (exact) mass is 273 g/mol. The molecule has 0 spiro atoms. The van der Waals surface area contributed by atoms with Crippen molar-refractivity contribution in [3.05, 3.63) is 12.0 Å². The normalized spacial score (nSPS) is 10.5. The largest absolute Gasteiger partial charge is 0.475 e. The van der Waals surface area contributed by atoms with E-state index in [1.807, 2.05) is 6.92 Å². The standard InChI is InChI=1S/C12H20FN3O3/c1-3-14-12-15-9-10(13)11(16-12)19-6-4-5-18-8-7-17-2/h9H,3-8H2,1-2H3,(H,14,15,16). The van der Waals surface area contributed by atoms with Crippen LogP contribution in [-0.4, -0.2) is 50.1 Å². The van der Waals surface area contributed by atoms with Gasteiger partial charge in [0, 0.05) is 26.7 Å². The van der Waals surface area contributed by atoms with E-state index in [4.69, 9.17) is 14.2 Å². The predicted octanol–water partition coefficient (Wildman–Crippen LogP) is 1.48. The second kappa shape index (κ2) is 9.46. The maximum atomic E-state index is 13.4. The Morgan fingerprint density at radius 1 is 1.26 bits per heavy atom. The predicted molar refractivity (Wildman–Crippen MR) is 69.0 cm³/mol. The first kappa shape index (κ1) is 15.6. The van der Waals surface area contributed by atoms with Crippen molar-refractivity contribution in [2.45, 2.75) is 13.3 Å². The lowest BCUT2D eigenvalue weighted by Crippen LogP contribution is -2.09. The number of methoxy groups -OCH3 is 1. The molecule has 1 aromatic rings. The van der Waals surface area contributed by atoms with E-state index in [1.165, 1.54) is 0 Å². The van der Waals surface area contributed by atoms with Gasteiger partial charge in [0.1, 0.15) is 0 Å². The molecule has 1 N–H and O–H groups in total. The van der Waals surface area contributed by atoms with E-state index in [1.54, 1.807) is 7.11 Å². The van der Waals surface area contributed by atoms with E-state index in [9.17, 15) is 4.39 Å². The van der Waals surface area contributed by atoms with Gasteiger partial charge in [-0.15, -0.1) is 0 Å². The molecule has 19 heavy (non-hydrogen) atoms. The first-order valence-electron chi connectivity index (χ1n) is 6.23. The highest BCUT2D eigenvalue weighted by atomic mass is 19.1. The zero-order valence-electron chi connectivity index (χ0n) is 11.3. The fraction of sp³-hybridized carbons (Fsp3) is 0.667. The molecule has 0 saturated carbocycles. The summed E-state index contributed by atoms with van der Waals surface area (Å²) in [5, 5.41) is 2.89. The number of ether oxygens (including phenoxy) is 3. The van der Waals surface area contributed by atoms with E-state index in [-0.39, 0.29) is 5.88 Å². The van der Waals surface area contributed by atoms with Gasteiger partial charge in [0.2, 0.25) is 11.8 Å². The Kier molecular flexibility index (Phi) is 7.76. The molecule has 1 aromatic heterocycles. The first-order valence-corrected chi connectivity index (χ1v) is 6.23. The summed E-state index contributed by atoms with van der Waals surface area (Å²) >= 11 is 0. The van der Waals surface area contributed by atoms with Gasteiger partial charge in [-0.05, 0) is 6.92 Å². The molecule has 0 aliphatic rings.